The standard InChI is InChI=1S/C12H16Br2N2O2S/c1-16(9-4-2-3-5-9)19(17,18)12-10(14)6-8(13)7-11(12)15/h6-7,9H,2-5,15H2,1H3. The Bertz CT molecular complexity index is 560. The van der Waals surface area contributed by atoms with Crippen LogP contribution in [-0.4, -0.2) is 25.8 Å². The highest BCUT2D eigenvalue weighted by Gasteiger charge is 2.32. The van der Waals surface area contributed by atoms with E-state index in [4.69, 9.17) is 5.73 Å². The largest absolute Gasteiger partial charge is 0.398 e. The quantitative estimate of drug-likeness (QED) is 0.775. The van der Waals surface area contributed by atoms with E-state index in [-0.39, 0.29) is 16.6 Å². The minimum Gasteiger partial charge on any atom is -0.398 e. The summed E-state index contributed by atoms with van der Waals surface area (Å²) in [5.41, 5.74) is 6.13. The van der Waals surface area contributed by atoms with Gasteiger partial charge in [0.25, 0.3) is 0 Å². The molecule has 4 nitrogen and oxygen atoms in total. The number of sulfonamides is 1. The van der Waals surface area contributed by atoms with E-state index in [1.54, 1.807) is 19.2 Å². The van der Waals surface area contributed by atoms with Crippen LogP contribution < -0.4 is 5.73 Å². The van der Waals surface area contributed by atoms with Gasteiger partial charge in [0, 0.05) is 22.0 Å². The topological polar surface area (TPSA) is 63.4 Å². The molecule has 0 atom stereocenters. The Morgan fingerprint density at radius 2 is 1.84 bits per heavy atom. The Hall–Kier alpha value is -0.110. The molecule has 7 heteroatoms. The molecule has 1 aromatic rings. The Morgan fingerprint density at radius 1 is 1.26 bits per heavy atom. The van der Waals surface area contributed by atoms with Crippen molar-refractivity contribution in [3.8, 4) is 0 Å². The van der Waals surface area contributed by atoms with Gasteiger partial charge in [0.05, 0.1) is 5.69 Å². The number of rotatable bonds is 3. The monoisotopic (exact) mass is 410 g/mol. The van der Waals surface area contributed by atoms with Gasteiger partial charge in [-0.15, -0.1) is 0 Å². The van der Waals surface area contributed by atoms with E-state index in [1.165, 1.54) is 4.31 Å². The molecule has 1 aromatic carbocycles. The minimum absolute atomic E-state index is 0.0833. The number of halogens is 2. The van der Waals surface area contributed by atoms with Crippen molar-refractivity contribution in [2.45, 2.75) is 36.6 Å². The van der Waals surface area contributed by atoms with Crippen LogP contribution in [0, 0.1) is 0 Å². The number of benzene rings is 1. The van der Waals surface area contributed by atoms with Crippen molar-refractivity contribution in [2.24, 2.45) is 0 Å². The first-order valence-electron chi connectivity index (χ1n) is 6.06. The van der Waals surface area contributed by atoms with E-state index in [0.29, 0.717) is 4.47 Å². The van der Waals surface area contributed by atoms with E-state index in [2.05, 4.69) is 31.9 Å². The maximum atomic E-state index is 12.7. The normalized spacial score (nSPS) is 17.3. The summed E-state index contributed by atoms with van der Waals surface area (Å²) < 4.78 is 28.0. The molecule has 2 rings (SSSR count). The Balaban J connectivity index is 2.44. The van der Waals surface area contributed by atoms with Gasteiger partial charge in [-0.2, -0.15) is 4.31 Å². The summed E-state index contributed by atoms with van der Waals surface area (Å²) in [7, 11) is -1.92. The highest BCUT2D eigenvalue weighted by Crippen LogP contribution is 2.35. The number of hydrogen-bond donors (Lipinski definition) is 1. The number of anilines is 1. The summed E-state index contributed by atoms with van der Waals surface area (Å²) in [4.78, 5) is 0.158. The number of hydrogen-bond acceptors (Lipinski definition) is 3. The summed E-state index contributed by atoms with van der Waals surface area (Å²) in [6.07, 6.45) is 4.01. The molecule has 1 fully saturated rings. The molecule has 0 unspecified atom stereocenters. The fraction of sp³-hybridized carbons (Fsp3) is 0.500. The average molecular weight is 412 g/mol. The van der Waals surface area contributed by atoms with Crippen molar-refractivity contribution < 1.29 is 8.42 Å². The summed E-state index contributed by atoms with van der Waals surface area (Å²) >= 11 is 6.59. The van der Waals surface area contributed by atoms with Crippen LogP contribution in [0.4, 0.5) is 5.69 Å². The lowest BCUT2D eigenvalue weighted by Crippen LogP contribution is -2.35. The van der Waals surface area contributed by atoms with Crippen LogP contribution in [0.5, 0.6) is 0 Å². The molecule has 2 N–H and O–H groups in total. The molecule has 0 spiro atoms. The summed E-state index contributed by atoms with van der Waals surface area (Å²) in [5, 5.41) is 0. The third-order valence-electron chi connectivity index (χ3n) is 3.51. The smallest absolute Gasteiger partial charge is 0.246 e. The summed E-state index contributed by atoms with van der Waals surface area (Å²) in [6, 6.07) is 3.39. The van der Waals surface area contributed by atoms with Crippen molar-refractivity contribution >= 4 is 47.6 Å². The summed E-state index contributed by atoms with van der Waals surface area (Å²) in [6.45, 7) is 0. The van der Waals surface area contributed by atoms with Gasteiger partial charge >= 0.3 is 0 Å². The van der Waals surface area contributed by atoms with Crippen molar-refractivity contribution in [3.05, 3.63) is 21.1 Å². The van der Waals surface area contributed by atoms with E-state index < -0.39 is 10.0 Å². The van der Waals surface area contributed by atoms with Crippen molar-refractivity contribution in [2.75, 3.05) is 12.8 Å². The zero-order valence-corrected chi connectivity index (χ0v) is 14.6. The molecule has 1 aliphatic carbocycles. The van der Waals surface area contributed by atoms with Crippen LogP contribution in [0.3, 0.4) is 0 Å². The van der Waals surface area contributed by atoms with E-state index in [9.17, 15) is 8.42 Å². The molecule has 19 heavy (non-hydrogen) atoms. The molecular weight excluding hydrogens is 396 g/mol. The minimum atomic E-state index is -3.56. The van der Waals surface area contributed by atoms with Crippen LogP contribution in [0.15, 0.2) is 26.0 Å². The molecular formula is C12H16Br2N2O2S. The molecule has 106 valence electrons. The van der Waals surface area contributed by atoms with Crippen LogP contribution in [0.1, 0.15) is 25.7 Å². The Kier molecular flexibility index (Phi) is 4.59. The highest BCUT2D eigenvalue weighted by atomic mass is 79.9. The van der Waals surface area contributed by atoms with Crippen LogP contribution in [0.2, 0.25) is 0 Å². The Morgan fingerprint density at radius 3 is 2.37 bits per heavy atom. The van der Waals surface area contributed by atoms with Crippen molar-refractivity contribution in [1.29, 1.82) is 0 Å². The Labute approximate surface area is 130 Å². The third-order valence-corrected chi connectivity index (χ3v) is 6.89. The third kappa shape index (κ3) is 2.99. The number of nitrogens with two attached hydrogens (primary N) is 1. The van der Waals surface area contributed by atoms with Gasteiger partial charge in [0.15, 0.2) is 0 Å². The van der Waals surface area contributed by atoms with E-state index in [0.717, 1.165) is 30.2 Å². The number of nitrogen functional groups attached to an aromatic ring is 1. The van der Waals surface area contributed by atoms with Gasteiger partial charge in [0.2, 0.25) is 10.0 Å². The molecule has 0 heterocycles. The van der Waals surface area contributed by atoms with E-state index >= 15 is 0 Å². The van der Waals surface area contributed by atoms with Gasteiger partial charge in [0.1, 0.15) is 4.90 Å². The first kappa shape index (κ1) is 15.3. The first-order chi connectivity index (χ1) is 8.84. The van der Waals surface area contributed by atoms with Crippen LogP contribution in [0.25, 0.3) is 0 Å². The van der Waals surface area contributed by atoms with Gasteiger partial charge in [-0.05, 0) is 40.9 Å². The maximum Gasteiger partial charge on any atom is 0.246 e. The van der Waals surface area contributed by atoms with Gasteiger partial charge in [-0.3, -0.25) is 0 Å². The lowest BCUT2D eigenvalue weighted by atomic mass is 10.3. The molecule has 0 amide bonds. The van der Waals surface area contributed by atoms with Gasteiger partial charge in [-0.25, -0.2) is 8.42 Å². The molecule has 0 bridgehead atoms. The lowest BCUT2D eigenvalue weighted by molar-refractivity contribution is 0.373. The zero-order valence-electron chi connectivity index (χ0n) is 10.6. The van der Waals surface area contributed by atoms with Crippen LogP contribution in [-0.2, 0) is 10.0 Å². The maximum absolute atomic E-state index is 12.7. The van der Waals surface area contributed by atoms with Gasteiger partial charge < -0.3 is 5.73 Å². The molecule has 0 saturated heterocycles. The molecule has 0 aromatic heterocycles. The molecule has 1 saturated carbocycles. The predicted molar refractivity (Wildman–Crippen MR) is 83.5 cm³/mol. The average Bonchev–Trinajstić information content (AvgIpc) is 2.78. The van der Waals surface area contributed by atoms with Gasteiger partial charge in [-0.1, -0.05) is 28.8 Å². The zero-order chi connectivity index (χ0) is 14.2. The molecule has 0 radical (unpaired) electrons. The fourth-order valence-electron chi connectivity index (χ4n) is 2.46. The second-order valence-electron chi connectivity index (χ2n) is 4.77. The second kappa shape index (κ2) is 5.71. The highest BCUT2D eigenvalue weighted by molar-refractivity contribution is 9.11. The SMILES string of the molecule is CN(C1CCCC1)S(=O)(=O)c1c(N)cc(Br)cc1Br. The van der Waals surface area contributed by atoms with E-state index in [1.807, 2.05) is 0 Å². The van der Waals surface area contributed by atoms with Crippen molar-refractivity contribution in [3.63, 3.8) is 0 Å². The molecule has 1 aliphatic rings. The number of nitrogens with zero attached hydrogens (tertiary/aromatic N) is 1. The lowest BCUT2D eigenvalue weighted by Gasteiger charge is -2.25. The predicted octanol–water partition coefficient (Wildman–Crippen LogP) is 3.36. The summed E-state index contributed by atoms with van der Waals surface area (Å²) in [5.74, 6) is 0. The molecule has 0 aliphatic heterocycles. The fourth-order valence-corrected chi connectivity index (χ4v) is 5.89. The van der Waals surface area contributed by atoms with Crippen LogP contribution >= 0.6 is 31.9 Å². The second-order valence-corrected chi connectivity index (χ2v) is 8.47. The first-order valence-corrected chi connectivity index (χ1v) is 9.09. The van der Waals surface area contributed by atoms with Crippen molar-refractivity contribution in [1.82, 2.24) is 4.31 Å².